The number of aryl methyl sites for hydroxylation is 1. The number of amides is 1. The van der Waals surface area contributed by atoms with Crippen LogP contribution >= 0.6 is 0 Å². The number of carbonyl (C=O) groups is 1. The molecule has 0 atom stereocenters. The van der Waals surface area contributed by atoms with Gasteiger partial charge in [0.15, 0.2) is 5.82 Å². The third-order valence-electron chi connectivity index (χ3n) is 3.69. The lowest BCUT2D eigenvalue weighted by molar-refractivity contribution is -0.137. The van der Waals surface area contributed by atoms with Gasteiger partial charge in [0.25, 0.3) is 5.91 Å². The molecule has 3 rings (SSSR count). The van der Waals surface area contributed by atoms with Crippen LogP contribution in [0.25, 0.3) is 23.2 Å². The van der Waals surface area contributed by atoms with E-state index in [0.29, 0.717) is 5.56 Å². The van der Waals surface area contributed by atoms with E-state index < -0.39 is 23.6 Å². The summed E-state index contributed by atoms with van der Waals surface area (Å²) in [7, 11) is 0. The normalized spacial score (nSPS) is 12.2. The van der Waals surface area contributed by atoms with Gasteiger partial charge in [-0.05, 0) is 42.8 Å². The monoisotopic (exact) mass is 391 g/mol. The molecule has 10 heteroatoms. The minimum Gasteiger partial charge on any atom is -0.365 e. The molecule has 1 amide bonds. The summed E-state index contributed by atoms with van der Waals surface area (Å²) in [5.41, 5.74) is 4.88. The van der Waals surface area contributed by atoms with E-state index in [-0.39, 0.29) is 22.7 Å². The van der Waals surface area contributed by atoms with Crippen molar-refractivity contribution < 1.29 is 22.4 Å². The molecule has 6 nitrogen and oxygen atoms in total. The fraction of sp³-hybridized carbons (Fsp3) is 0.111. The van der Waals surface area contributed by atoms with Gasteiger partial charge in [-0.3, -0.25) is 4.79 Å². The Hall–Kier alpha value is -3.56. The Morgan fingerprint density at radius 3 is 2.61 bits per heavy atom. The van der Waals surface area contributed by atoms with E-state index in [9.17, 15) is 22.4 Å². The summed E-state index contributed by atoms with van der Waals surface area (Å²) in [6.45, 7) is 1.52. The molecule has 2 heterocycles. The molecule has 0 radical (unpaired) electrons. The van der Waals surface area contributed by atoms with Gasteiger partial charge in [0.2, 0.25) is 5.95 Å². The first kappa shape index (κ1) is 19.2. The third-order valence-corrected chi connectivity index (χ3v) is 3.69. The van der Waals surface area contributed by atoms with Gasteiger partial charge >= 0.3 is 6.18 Å². The molecule has 1 aromatic carbocycles. The molecule has 0 fully saturated rings. The van der Waals surface area contributed by atoms with E-state index >= 15 is 0 Å². The summed E-state index contributed by atoms with van der Waals surface area (Å²) >= 11 is 0. The largest absolute Gasteiger partial charge is 0.416 e. The van der Waals surface area contributed by atoms with Crippen molar-refractivity contribution in [3.8, 4) is 11.4 Å². The zero-order valence-corrected chi connectivity index (χ0v) is 14.4. The number of hydrogen-bond acceptors (Lipinski definition) is 4. The quantitative estimate of drug-likeness (QED) is 0.420. The molecule has 0 aliphatic heterocycles. The van der Waals surface area contributed by atoms with Gasteiger partial charge in [-0.25, -0.2) is 14.6 Å². The number of halogens is 4. The Balaban J connectivity index is 2.01. The number of pyridine rings is 1. The van der Waals surface area contributed by atoms with Crippen LogP contribution in [0.15, 0.2) is 42.7 Å². The first-order valence-corrected chi connectivity index (χ1v) is 7.88. The Labute approximate surface area is 156 Å². The third kappa shape index (κ3) is 4.22. The molecular formula is C18H13F4N5O. The van der Waals surface area contributed by atoms with Crippen molar-refractivity contribution in [2.45, 2.75) is 13.1 Å². The fourth-order valence-corrected chi connectivity index (χ4v) is 2.49. The van der Waals surface area contributed by atoms with Crippen LogP contribution in [-0.2, 0) is 11.0 Å². The van der Waals surface area contributed by atoms with E-state index in [0.717, 1.165) is 22.9 Å². The lowest BCUT2D eigenvalue weighted by Gasteiger charge is -2.09. The van der Waals surface area contributed by atoms with Crippen LogP contribution in [0.1, 0.15) is 16.8 Å². The predicted molar refractivity (Wildman–Crippen MR) is 92.8 cm³/mol. The van der Waals surface area contributed by atoms with Crippen molar-refractivity contribution in [2.75, 3.05) is 0 Å². The first-order valence-electron chi connectivity index (χ1n) is 7.88. The molecule has 0 bridgehead atoms. The standard InChI is InChI=1S/C18H13F4N5O/c1-10-5-11(7-12(6-10)18(20,21)22)17-24-9-27(26-17)8-13(16(23)28)14-3-2-4-15(19)25-14/h2-9H,1H3,(H2,23,28)/b13-8-. The lowest BCUT2D eigenvalue weighted by atomic mass is 10.1. The summed E-state index contributed by atoms with van der Waals surface area (Å²) in [6, 6.07) is 7.29. The number of hydrogen-bond donors (Lipinski definition) is 1. The average molecular weight is 391 g/mol. The highest BCUT2D eigenvalue weighted by Crippen LogP contribution is 2.32. The van der Waals surface area contributed by atoms with Gasteiger partial charge in [-0.2, -0.15) is 17.6 Å². The minimum atomic E-state index is -4.51. The molecule has 3 aromatic rings. The van der Waals surface area contributed by atoms with Gasteiger partial charge in [0, 0.05) is 11.8 Å². The Kier molecular flexibility index (Phi) is 4.95. The molecule has 0 unspecified atom stereocenters. The van der Waals surface area contributed by atoms with Crippen molar-refractivity contribution in [3.63, 3.8) is 0 Å². The summed E-state index contributed by atoms with van der Waals surface area (Å²) in [4.78, 5) is 19.2. The van der Waals surface area contributed by atoms with Crippen molar-refractivity contribution in [2.24, 2.45) is 5.73 Å². The fourth-order valence-electron chi connectivity index (χ4n) is 2.49. The second kappa shape index (κ2) is 7.22. The highest BCUT2D eigenvalue weighted by atomic mass is 19.4. The number of rotatable bonds is 4. The summed E-state index contributed by atoms with van der Waals surface area (Å²) in [5.74, 6) is -1.67. The van der Waals surface area contributed by atoms with Crippen LogP contribution in [0, 0.1) is 12.9 Å². The highest BCUT2D eigenvalue weighted by molar-refractivity contribution is 6.21. The van der Waals surface area contributed by atoms with Gasteiger partial charge in [0.05, 0.1) is 16.8 Å². The molecular weight excluding hydrogens is 378 g/mol. The Bertz CT molecular complexity index is 1070. The zero-order chi connectivity index (χ0) is 20.5. The van der Waals surface area contributed by atoms with E-state index in [1.54, 1.807) is 0 Å². The van der Waals surface area contributed by atoms with Gasteiger partial charge < -0.3 is 5.73 Å². The van der Waals surface area contributed by atoms with E-state index in [2.05, 4.69) is 15.1 Å². The van der Waals surface area contributed by atoms with Crippen molar-refractivity contribution >= 4 is 17.7 Å². The number of primary amides is 1. The average Bonchev–Trinajstić information content (AvgIpc) is 3.07. The van der Waals surface area contributed by atoms with Crippen molar-refractivity contribution in [1.29, 1.82) is 0 Å². The predicted octanol–water partition coefficient (Wildman–Crippen LogP) is 3.29. The van der Waals surface area contributed by atoms with Crippen LogP contribution in [0.3, 0.4) is 0 Å². The van der Waals surface area contributed by atoms with Gasteiger partial charge in [0.1, 0.15) is 6.33 Å². The number of carbonyl (C=O) groups excluding carboxylic acids is 1. The van der Waals surface area contributed by atoms with E-state index in [1.807, 2.05) is 0 Å². The van der Waals surface area contributed by atoms with Gasteiger partial charge in [-0.15, -0.1) is 5.10 Å². The zero-order valence-electron chi connectivity index (χ0n) is 14.4. The maximum atomic E-state index is 13.3. The number of nitrogens with two attached hydrogens (primary N) is 1. The van der Waals surface area contributed by atoms with Crippen LogP contribution in [0.4, 0.5) is 17.6 Å². The van der Waals surface area contributed by atoms with Crippen LogP contribution in [0.5, 0.6) is 0 Å². The number of aromatic nitrogens is 4. The topological polar surface area (TPSA) is 86.7 Å². The number of nitrogens with zero attached hydrogens (tertiary/aromatic N) is 4. The van der Waals surface area contributed by atoms with E-state index in [4.69, 9.17) is 5.73 Å². The van der Waals surface area contributed by atoms with Gasteiger partial charge in [-0.1, -0.05) is 6.07 Å². The van der Waals surface area contributed by atoms with Crippen LogP contribution in [-0.4, -0.2) is 25.7 Å². The molecule has 0 saturated heterocycles. The number of benzene rings is 1. The number of alkyl halides is 3. The summed E-state index contributed by atoms with van der Waals surface area (Å²) in [5, 5.41) is 4.05. The maximum Gasteiger partial charge on any atom is 0.416 e. The molecule has 0 spiro atoms. The van der Waals surface area contributed by atoms with Crippen LogP contribution < -0.4 is 5.73 Å². The highest BCUT2D eigenvalue weighted by Gasteiger charge is 2.31. The smallest absolute Gasteiger partial charge is 0.365 e. The molecule has 28 heavy (non-hydrogen) atoms. The molecule has 144 valence electrons. The summed E-state index contributed by atoms with van der Waals surface area (Å²) < 4.78 is 53.4. The SMILES string of the molecule is Cc1cc(-c2ncn(/C=C(\C(N)=O)c3cccc(F)n3)n2)cc(C(F)(F)F)c1. The summed E-state index contributed by atoms with van der Waals surface area (Å²) in [6.07, 6.45) is -2.15. The van der Waals surface area contributed by atoms with Crippen LogP contribution in [0.2, 0.25) is 0 Å². The Morgan fingerprint density at radius 1 is 1.21 bits per heavy atom. The molecule has 0 aliphatic rings. The lowest BCUT2D eigenvalue weighted by Crippen LogP contribution is -2.15. The second-order valence-corrected chi connectivity index (χ2v) is 5.89. The first-order chi connectivity index (χ1) is 13.1. The molecule has 0 aliphatic carbocycles. The van der Waals surface area contributed by atoms with Crippen molar-refractivity contribution in [3.05, 3.63) is 65.5 Å². The maximum absolute atomic E-state index is 13.3. The molecule has 2 aromatic heterocycles. The molecule has 2 N–H and O–H groups in total. The second-order valence-electron chi connectivity index (χ2n) is 5.89. The Morgan fingerprint density at radius 2 is 1.96 bits per heavy atom. The van der Waals surface area contributed by atoms with Crippen molar-refractivity contribution in [1.82, 2.24) is 19.7 Å². The molecule has 0 saturated carbocycles. The minimum absolute atomic E-state index is 0.0144. The van der Waals surface area contributed by atoms with E-state index in [1.165, 1.54) is 37.7 Å².